The van der Waals surface area contributed by atoms with E-state index in [2.05, 4.69) is 10.3 Å². The third kappa shape index (κ3) is 2.85. The van der Waals surface area contributed by atoms with Gasteiger partial charge in [0.25, 0.3) is 5.91 Å². The van der Waals surface area contributed by atoms with E-state index in [1.54, 1.807) is 38.1 Å². The number of amides is 1. The highest BCUT2D eigenvalue weighted by molar-refractivity contribution is 5.99. The van der Waals surface area contributed by atoms with Gasteiger partial charge in [0.2, 0.25) is 0 Å². The molecule has 3 N–H and O–H groups in total. The van der Waals surface area contributed by atoms with Gasteiger partial charge in [0.1, 0.15) is 11.5 Å². The van der Waals surface area contributed by atoms with Crippen LogP contribution in [0.3, 0.4) is 0 Å². The number of aromatic hydroxyl groups is 1. The van der Waals surface area contributed by atoms with Crippen molar-refractivity contribution in [1.82, 2.24) is 9.72 Å². The highest BCUT2D eigenvalue weighted by atomic mass is 16.5. The summed E-state index contributed by atoms with van der Waals surface area (Å²) in [5.41, 5.74) is 9.18. The van der Waals surface area contributed by atoms with Crippen LogP contribution in [0.15, 0.2) is 58.2 Å². The lowest BCUT2D eigenvalue weighted by Crippen LogP contribution is -2.20. The third-order valence-electron chi connectivity index (χ3n) is 4.94. The van der Waals surface area contributed by atoms with Crippen molar-refractivity contribution in [2.45, 2.75) is 19.9 Å². The molecule has 1 unspecified atom stereocenters. The van der Waals surface area contributed by atoms with E-state index in [0.717, 1.165) is 11.2 Å². The van der Waals surface area contributed by atoms with Crippen LogP contribution in [0.1, 0.15) is 23.1 Å². The second-order valence-corrected chi connectivity index (χ2v) is 6.74. The van der Waals surface area contributed by atoms with Gasteiger partial charge in [-0.2, -0.15) is 0 Å². The maximum atomic E-state index is 12.1. The van der Waals surface area contributed by atoms with Gasteiger partial charge in [-0.05, 0) is 44.2 Å². The lowest BCUT2D eigenvalue weighted by Gasteiger charge is -2.14. The normalized spacial score (nSPS) is 12.2. The molecule has 0 aliphatic rings. The zero-order valence-corrected chi connectivity index (χ0v) is 15.8. The number of phenols is 1. The molecule has 0 aliphatic heterocycles. The average Bonchev–Trinajstić information content (AvgIpc) is 3.20. The summed E-state index contributed by atoms with van der Waals surface area (Å²) >= 11 is 0. The molecule has 2 aromatic carbocycles. The Labute approximate surface area is 165 Å². The van der Waals surface area contributed by atoms with E-state index < -0.39 is 11.9 Å². The second-order valence-electron chi connectivity index (χ2n) is 6.74. The number of nitrogens with two attached hydrogens (primary N) is 1. The summed E-state index contributed by atoms with van der Waals surface area (Å²) in [6, 6.07) is 12.6. The number of carbonyl (C=O) groups is 1. The van der Waals surface area contributed by atoms with Crippen LogP contribution < -0.4 is 5.73 Å². The van der Waals surface area contributed by atoms with E-state index in [1.165, 1.54) is 0 Å². The van der Waals surface area contributed by atoms with Crippen LogP contribution in [0.4, 0.5) is 0 Å². The molecule has 4 aromatic rings. The molecule has 2 aromatic heterocycles. The number of carbonyl (C=O) groups excluding carboxylic acids is 1. The minimum Gasteiger partial charge on any atom is -0.508 e. The first-order valence-corrected chi connectivity index (χ1v) is 8.91. The van der Waals surface area contributed by atoms with Crippen LogP contribution in [-0.4, -0.2) is 20.7 Å². The minimum atomic E-state index is -1.39. The Hall–Kier alpha value is -3.94. The molecule has 0 bridgehead atoms. The van der Waals surface area contributed by atoms with Crippen LogP contribution in [0.5, 0.6) is 5.75 Å². The summed E-state index contributed by atoms with van der Waals surface area (Å²) in [4.78, 5) is 23.7. The molecular formula is C21H18N4O4. The fourth-order valence-electron chi connectivity index (χ4n) is 3.73. The van der Waals surface area contributed by atoms with Crippen molar-refractivity contribution in [2.24, 2.45) is 10.9 Å². The average molecular weight is 390 g/mol. The van der Waals surface area contributed by atoms with Gasteiger partial charge in [-0.15, -0.1) is 4.91 Å². The Morgan fingerprint density at radius 1 is 1.17 bits per heavy atom. The molecule has 0 spiro atoms. The first kappa shape index (κ1) is 18.4. The van der Waals surface area contributed by atoms with Gasteiger partial charge in [0.05, 0.1) is 22.5 Å². The van der Waals surface area contributed by atoms with Crippen LogP contribution in [-0.2, 0) is 4.79 Å². The second kappa shape index (κ2) is 6.90. The van der Waals surface area contributed by atoms with Crippen molar-refractivity contribution in [3.63, 3.8) is 0 Å². The molecule has 2 heterocycles. The van der Waals surface area contributed by atoms with E-state index in [0.29, 0.717) is 33.7 Å². The molecule has 29 heavy (non-hydrogen) atoms. The summed E-state index contributed by atoms with van der Waals surface area (Å²) in [5.74, 6) is -0.198. The SMILES string of the molecule is Cc1noc(C)c1-c1c(C(N=O)C(N)=O)c2ccccc2n1-c1ccc(O)cc1. The number of fused-ring (bicyclic) bond motifs is 1. The zero-order valence-electron chi connectivity index (χ0n) is 15.8. The van der Waals surface area contributed by atoms with E-state index >= 15 is 0 Å². The maximum absolute atomic E-state index is 12.1. The molecular weight excluding hydrogens is 372 g/mol. The number of aryl methyl sites for hydroxylation is 2. The van der Waals surface area contributed by atoms with Crippen molar-refractivity contribution >= 4 is 16.8 Å². The van der Waals surface area contributed by atoms with Crippen LogP contribution >= 0.6 is 0 Å². The van der Waals surface area contributed by atoms with Crippen LogP contribution in [0, 0.1) is 18.8 Å². The summed E-state index contributed by atoms with van der Waals surface area (Å²) in [5, 5.41) is 17.4. The maximum Gasteiger partial charge on any atom is 0.250 e. The van der Waals surface area contributed by atoms with Gasteiger partial charge in [0, 0.05) is 16.6 Å². The fourth-order valence-corrected chi connectivity index (χ4v) is 3.73. The van der Waals surface area contributed by atoms with Crippen molar-refractivity contribution < 1.29 is 14.4 Å². The highest BCUT2D eigenvalue weighted by Gasteiger charge is 2.32. The lowest BCUT2D eigenvalue weighted by atomic mass is 9.98. The summed E-state index contributed by atoms with van der Waals surface area (Å²) in [7, 11) is 0. The van der Waals surface area contributed by atoms with E-state index in [-0.39, 0.29) is 5.75 Å². The first-order chi connectivity index (χ1) is 13.9. The summed E-state index contributed by atoms with van der Waals surface area (Å²) in [6.07, 6.45) is 0. The number of rotatable bonds is 5. The van der Waals surface area contributed by atoms with Crippen molar-refractivity contribution in [2.75, 3.05) is 0 Å². The first-order valence-electron chi connectivity index (χ1n) is 8.91. The number of primary amides is 1. The smallest absolute Gasteiger partial charge is 0.250 e. The number of benzene rings is 2. The molecule has 0 fully saturated rings. The molecule has 0 radical (unpaired) electrons. The number of aromatic nitrogens is 2. The van der Waals surface area contributed by atoms with Gasteiger partial charge in [0.15, 0.2) is 6.04 Å². The number of hydrogen-bond acceptors (Lipinski definition) is 6. The van der Waals surface area contributed by atoms with Crippen LogP contribution in [0.25, 0.3) is 27.8 Å². The number of para-hydroxylation sites is 1. The molecule has 8 nitrogen and oxygen atoms in total. The van der Waals surface area contributed by atoms with Crippen molar-refractivity contribution in [1.29, 1.82) is 0 Å². The quantitative estimate of drug-likeness (QED) is 0.500. The number of nitrogens with zero attached hydrogens (tertiary/aromatic N) is 3. The van der Waals surface area contributed by atoms with Crippen LogP contribution in [0.2, 0.25) is 0 Å². The van der Waals surface area contributed by atoms with Gasteiger partial charge in [-0.1, -0.05) is 28.5 Å². The number of nitroso groups, excluding NO2 is 1. The molecule has 0 aliphatic carbocycles. The van der Waals surface area contributed by atoms with Gasteiger partial charge >= 0.3 is 0 Å². The minimum absolute atomic E-state index is 0.119. The third-order valence-corrected chi connectivity index (χ3v) is 4.94. The predicted molar refractivity (Wildman–Crippen MR) is 108 cm³/mol. The van der Waals surface area contributed by atoms with E-state index in [1.807, 2.05) is 28.8 Å². The Bertz CT molecular complexity index is 1220. The molecule has 8 heteroatoms. The Kier molecular flexibility index (Phi) is 4.38. The van der Waals surface area contributed by atoms with Gasteiger partial charge in [-0.3, -0.25) is 4.79 Å². The summed E-state index contributed by atoms with van der Waals surface area (Å²) in [6.45, 7) is 3.54. The molecule has 1 amide bonds. The Morgan fingerprint density at radius 2 is 1.86 bits per heavy atom. The van der Waals surface area contributed by atoms with E-state index in [4.69, 9.17) is 10.3 Å². The molecule has 0 saturated carbocycles. The molecule has 4 rings (SSSR count). The molecule has 0 saturated heterocycles. The topological polar surface area (TPSA) is 124 Å². The van der Waals surface area contributed by atoms with E-state index in [9.17, 15) is 14.8 Å². The zero-order chi connectivity index (χ0) is 20.7. The van der Waals surface area contributed by atoms with Gasteiger partial charge in [-0.25, -0.2) is 0 Å². The molecule has 146 valence electrons. The van der Waals surface area contributed by atoms with Crippen molar-refractivity contribution in [3.05, 3.63) is 70.5 Å². The monoisotopic (exact) mass is 390 g/mol. The number of phenolic OH excluding ortho intramolecular Hbond substituents is 1. The Balaban J connectivity index is 2.22. The van der Waals surface area contributed by atoms with Gasteiger partial charge < -0.3 is 19.9 Å². The highest BCUT2D eigenvalue weighted by Crippen LogP contribution is 2.43. The molecule has 1 atom stereocenters. The summed E-state index contributed by atoms with van der Waals surface area (Å²) < 4.78 is 7.24. The van der Waals surface area contributed by atoms with Crippen molar-refractivity contribution in [3.8, 4) is 22.7 Å². The Morgan fingerprint density at radius 3 is 2.45 bits per heavy atom. The standard InChI is InChI=1S/C21H18N4O4/c1-11-17(12(2)29-24-11)20-18(19(23-28)21(22)27)15-5-3-4-6-16(15)25(20)13-7-9-14(26)10-8-13/h3-10,19,26H,1-2H3,(H2,22,27). The lowest BCUT2D eigenvalue weighted by molar-refractivity contribution is -0.119. The number of hydrogen-bond donors (Lipinski definition) is 2. The fraction of sp³-hybridized carbons (Fsp3) is 0.143. The largest absolute Gasteiger partial charge is 0.508 e. The predicted octanol–water partition coefficient (Wildman–Crippen LogP) is 3.90.